The van der Waals surface area contributed by atoms with Crippen molar-refractivity contribution in [3.05, 3.63) is 0 Å². The number of hydroxylamine groups is 2. The van der Waals surface area contributed by atoms with Gasteiger partial charge in [-0.25, -0.2) is 24.8 Å². The van der Waals surface area contributed by atoms with Crippen LogP contribution in [0.25, 0.3) is 0 Å². The summed E-state index contributed by atoms with van der Waals surface area (Å²) in [6.45, 7) is 2.29. The average Bonchev–Trinajstić information content (AvgIpc) is 3.40. The summed E-state index contributed by atoms with van der Waals surface area (Å²) in [4.78, 5) is 50.1. The second-order valence-electron chi connectivity index (χ2n) is 8.85. The fraction of sp³-hybridized carbons (Fsp3) is 0.810. The number of carbonyl (C=O) groups is 4. The van der Waals surface area contributed by atoms with Gasteiger partial charge >= 0.3 is 18.0 Å². The van der Waals surface area contributed by atoms with Crippen molar-refractivity contribution in [2.24, 2.45) is 11.8 Å². The maximum Gasteiger partial charge on any atom is 0.432 e. The van der Waals surface area contributed by atoms with Crippen molar-refractivity contribution in [3.8, 4) is 0 Å². The van der Waals surface area contributed by atoms with E-state index in [1.807, 2.05) is 6.92 Å². The Hall–Kier alpha value is -2.04. The van der Waals surface area contributed by atoms with Gasteiger partial charge in [-0.2, -0.15) is 4.48 Å². The van der Waals surface area contributed by atoms with Crippen LogP contribution in [0, 0.1) is 11.8 Å². The predicted molar refractivity (Wildman–Crippen MR) is 112 cm³/mol. The largest absolute Gasteiger partial charge is 0.432 e. The van der Waals surface area contributed by atoms with Gasteiger partial charge < -0.3 is 10.4 Å². The number of nitrogens with one attached hydrogen (secondary N) is 2. The lowest BCUT2D eigenvalue weighted by Crippen LogP contribution is -2.66. The highest BCUT2D eigenvalue weighted by Gasteiger charge is 2.55. The normalized spacial score (nSPS) is 24.5. The summed E-state index contributed by atoms with van der Waals surface area (Å²) in [7, 11) is 0. The van der Waals surface area contributed by atoms with E-state index in [0.717, 1.165) is 25.7 Å². The Morgan fingerprint density at radius 1 is 1.16 bits per heavy atom. The minimum atomic E-state index is -0.683. The summed E-state index contributed by atoms with van der Waals surface area (Å²) >= 11 is 0. The summed E-state index contributed by atoms with van der Waals surface area (Å²) < 4.78 is -0.492. The van der Waals surface area contributed by atoms with E-state index in [4.69, 9.17) is 5.11 Å². The number of amides is 6. The highest BCUT2D eigenvalue weighted by molar-refractivity contribution is 5.95. The topological polar surface area (TPSA) is 136 Å². The highest BCUT2D eigenvalue weighted by Crippen LogP contribution is 2.35. The van der Waals surface area contributed by atoms with E-state index in [1.165, 1.54) is 0 Å². The van der Waals surface area contributed by atoms with Gasteiger partial charge in [-0.1, -0.05) is 25.7 Å². The lowest BCUT2D eigenvalue weighted by Gasteiger charge is -2.36. The number of imide groups is 2. The predicted octanol–water partition coefficient (Wildman–Crippen LogP) is 1.75. The first-order valence-corrected chi connectivity index (χ1v) is 11.4. The SMILES string of the molecule is C[C@@H]1CCC[N+]1(C(=O)NC(=O)NCCCCO)C(=O)[C@H](CC1CCCC1)CN(O)C=O. The third-order valence-electron chi connectivity index (χ3n) is 6.70. The van der Waals surface area contributed by atoms with Crippen LogP contribution in [0.5, 0.6) is 0 Å². The van der Waals surface area contributed by atoms with Crippen LogP contribution < -0.4 is 10.6 Å². The third-order valence-corrected chi connectivity index (χ3v) is 6.70. The summed E-state index contributed by atoms with van der Waals surface area (Å²) in [6, 6.07) is -1.64. The second kappa shape index (κ2) is 12.1. The van der Waals surface area contributed by atoms with Gasteiger partial charge in [-0.05, 0) is 32.1 Å². The fourth-order valence-corrected chi connectivity index (χ4v) is 4.98. The molecule has 3 atom stereocenters. The molecule has 1 heterocycles. The number of aliphatic hydroxyl groups is 1. The number of likely N-dealkylation sites (tertiary alicyclic amines) is 1. The molecule has 10 nitrogen and oxygen atoms in total. The standard InChI is InChI=1S/C21H36N4O6/c1-16-7-6-11-25(16,21(30)23-20(29)22-10-4-5-12-26)19(28)18(14-24(31)15-27)13-17-8-2-3-9-17/h15-18,26,31H,2-14H2,1H3,(H-,22,23,29,30)/p+1/t16-,18-,25?/m1/s1. The van der Waals surface area contributed by atoms with Gasteiger partial charge in [0.15, 0.2) is 0 Å². The van der Waals surface area contributed by atoms with Gasteiger partial charge in [-0.3, -0.25) is 10.0 Å². The Morgan fingerprint density at radius 2 is 1.87 bits per heavy atom. The zero-order valence-electron chi connectivity index (χ0n) is 18.4. The van der Waals surface area contributed by atoms with Crippen molar-refractivity contribution >= 4 is 24.4 Å². The van der Waals surface area contributed by atoms with E-state index in [1.54, 1.807) is 0 Å². The molecule has 1 saturated carbocycles. The Bertz CT molecular complexity index is 639. The average molecular weight is 442 g/mol. The van der Waals surface area contributed by atoms with Crippen LogP contribution in [0.15, 0.2) is 0 Å². The van der Waals surface area contributed by atoms with E-state index in [9.17, 15) is 24.4 Å². The van der Waals surface area contributed by atoms with E-state index in [2.05, 4.69) is 10.6 Å². The number of quaternary nitrogens is 1. The van der Waals surface area contributed by atoms with Gasteiger partial charge in [0, 0.05) is 26.0 Å². The fourth-order valence-electron chi connectivity index (χ4n) is 4.98. The van der Waals surface area contributed by atoms with E-state index in [0.29, 0.717) is 49.6 Å². The van der Waals surface area contributed by atoms with Gasteiger partial charge in [0.2, 0.25) is 6.41 Å². The molecule has 0 bridgehead atoms. The van der Waals surface area contributed by atoms with E-state index >= 15 is 0 Å². The number of hydrogen-bond donors (Lipinski definition) is 4. The van der Waals surface area contributed by atoms with Gasteiger partial charge in [0.05, 0.1) is 19.0 Å². The molecule has 4 N–H and O–H groups in total. The molecular formula is C21H37N4O6+. The number of unbranched alkanes of at least 4 members (excludes halogenated alkanes) is 1. The summed E-state index contributed by atoms with van der Waals surface area (Å²) in [5.41, 5.74) is 0. The first-order chi connectivity index (χ1) is 14.8. The number of aliphatic hydroxyl groups excluding tert-OH is 1. The van der Waals surface area contributed by atoms with Gasteiger partial charge in [-0.15, -0.1) is 0 Å². The number of carbonyl (C=O) groups excluding carboxylic acids is 4. The molecule has 176 valence electrons. The molecule has 1 unspecified atom stereocenters. The van der Waals surface area contributed by atoms with Gasteiger partial charge in [0.25, 0.3) is 0 Å². The second-order valence-corrected chi connectivity index (χ2v) is 8.85. The molecule has 10 heteroatoms. The molecule has 1 aliphatic heterocycles. The third kappa shape index (κ3) is 6.47. The molecule has 1 aliphatic carbocycles. The molecule has 6 amide bonds. The Morgan fingerprint density at radius 3 is 2.45 bits per heavy atom. The van der Waals surface area contributed by atoms with Crippen LogP contribution in [0.4, 0.5) is 9.59 Å². The lowest BCUT2D eigenvalue weighted by molar-refractivity contribution is -0.786. The molecule has 0 spiro atoms. The van der Waals surface area contributed by atoms with Crippen molar-refractivity contribution in [2.45, 2.75) is 70.8 Å². The Kier molecular flexibility index (Phi) is 9.86. The summed E-state index contributed by atoms with van der Waals surface area (Å²) in [6.07, 6.45) is 7.42. The monoisotopic (exact) mass is 441 g/mol. The highest BCUT2D eigenvalue weighted by atomic mass is 16.5. The van der Waals surface area contributed by atoms with Crippen molar-refractivity contribution in [1.29, 1.82) is 0 Å². The molecule has 2 fully saturated rings. The quantitative estimate of drug-likeness (QED) is 0.134. The number of nitrogens with zero attached hydrogens (tertiary/aromatic N) is 2. The minimum Gasteiger partial charge on any atom is -0.396 e. The van der Waals surface area contributed by atoms with Gasteiger partial charge in [0.1, 0.15) is 6.04 Å². The minimum absolute atomic E-state index is 0.0271. The summed E-state index contributed by atoms with van der Waals surface area (Å²) in [5.74, 6) is -0.703. The molecular weight excluding hydrogens is 404 g/mol. The Labute approximate surface area is 183 Å². The molecule has 2 aliphatic rings. The number of rotatable bonds is 10. The number of hydrogen-bond acceptors (Lipinski definition) is 6. The molecule has 0 aromatic heterocycles. The van der Waals surface area contributed by atoms with Crippen molar-refractivity contribution < 1.29 is 34.0 Å². The molecule has 1 saturated heterocycles. The molecule has 31 heavy (non-hydrogen) atoms. The van der Waals surface area contributed by atoms with Crippen LogP contribution in [-0.4, -0.2) is 76.5 Å². The molecule has 0 aromatic rings. The molecule has 2 rings (SSSR count). The maximum atomic E-state index is 13.7. The zero-order chi connectivity index (χ0) is 22.9. The van der Waals surface area contributed by atoms with Crippen LogP contribution in [0.1, 0.15) is 64.7 Å². The zero-order valence-corrected chi connectivity index (χ0v) is 18.4. The van der Waals surface area contributed by atoms with E-state index < -0.39 is 22.5 Å². The van der Waals surface area contributed by atoms with Crippen molar-refractivity contribution in [1.82, 2.24) is 15.7 Å². The Balaban J connectivity index is 2.16. The molecule has 0 aromatic carbocycles. The summed E-state index contributed by atoms with van der Waals surface area (Å²) in [5, 5.41) is 24.0. The number of urea groups is 2. The van der Waals surface area contributed by atoms with Crippen LogP contribution in [-0.2, 0) is 9.59 Å². The van der Waals surface area contributed by atoms with Crippen LogP contribution in [0.2, 0.25) is 0 Å². The first kappa shape index (κ1) is 25.2. The smallest absolute Gasteiger partial charge is 0.396 e. The van der Waals surface area contributed by atoms with Crippen molar-refractivity contribution in [2.75, 3.05) is 26.2 Å². The van der Waals surface area contributed by atoms with Crippen molar-refractivity contribution in [3.63, 3.8) is 0 Å². The maximum absolute atomic E-state index is 13.7. The van der Waals surface area contributed by atoms with E-state index in [-0.39, 0.29) is 38.1 Å². The molecule has 0 radical (unpaired) electrons. The van der Waals surface area contributed by atoms with Crippen LogP contribution in [0.3, 0.4) is 0 Å². The van der Waals surface area contributed by atoms with Crippen LogP contribution >= 0.6 is 0 Å². The first-order valence-electron chi connectivity index (χ1n) is 11.4. The lowest BCUT2D eigenvalue weighted by atomic mass is 9.91.